The Morgan fingerprint density at radius 2 is 1.88 bits per heavy atom. The molecule has 0 N–H and O–H groups in total. The van der Waals surface area contributed by atoms with Crippen molar-refractivity contribution in [3.05, 3.63) is 0 Å². The molecular weight excluding hydrogens is 207 g/mol. The largest absolute Gasteiger partial charge is 0.374 e. The third kappa shape index (κ3) is 3.40. The summed E-state index contributed by atoms with van der Waals surface area (Å²) in [4.78, 5) is 4.44. The number of hydrogen-bond acceptors (Lipinski definition) is 3. The quantitative estimate of drug-likeness (QED) is 0.715. The monoisotopic (exact) mass is 232 g/mol. The van der Waals surface area contributed by atoms with E-state index in [4.69, 9.17) is 4.74 Å². The van der Waals surface area contributed by atoms with E-state index in [9.17, 15) is 4.39 Å². The van der Waals surface area contributed by atoms with E-state index in [1.807, 2.05) is 13.8 Å². The first-order chi connectivity index (χ1) is 7.66. The van der Waals surface area contributed by atoms with Gasteiger partial charge in [0, 0.05) is 32.2 Å². The number of nitrogens with zero attached hydrogens (tertiary/aromatic N) is 2. The number of rotatable bonds is 2. The minimum Gasteiger partial charge on any atom is -0.374 e. The Morgan fingerprint density at radius 3 is 2.38 bits per heavy atom. The Hall–Kier alpha value is -0.190. The molecule has 3 nitrogen and oxygen atoms in total. The molecule has 0 aromatic heterocycles. The predicted molar refractivity (Wildman–Crippen MR) is 64.5 cm³/mol. The predicted octanol–water partition coefficient (Wildman–Crippen LogP) is 1.39. The summed E-state index contributed by atoms with van der Waals surface area (Å²) in [6, 6.07) is 0.352. The fourth-order valence-electron chi connectivity index (χ4n) is 2.13. The van der Waals surface area contributed by atoms with Gasteiger partial charge in [0.05, 0.1) is 12.7 Å². The van der Waals surface area contributed by atoms with Crippen LogP contribution in [0, 0.1) is 0 Å². The molecule has 2 unspecified atom stereocenters. The molecule has 0 saturated carbocycles. The zero-order chi connectivity index (χ0) is 12.1. The molecule has 2 fully saturated rings. The maximum Gasteiger partial charge on any atom is 0.125 e. The maximum atomic E-state index is 12.7. The van der Waals surface area contributed by atoms with Crippen LogP contribution in [0.5, 0.6) is 0 Å². The Balaban J connectivity index is 0.000000606. The van der Waals surface area contributed by atoms with Gasteiger partial charge in [0.15, 0.2) is 0 Å². The van der Waals surface area contributed by atoms with Crippen LogP contribution >= 0.6 is 0 Å². The van der Waals surface area contributed by atoms with Crippen LogP contribution in [0.2, 0.25) is 0 Å². The molecule has 0 aromatic carbocycles. The van der Waals surface area contributed by atoms with Crippen LogP contribution < -0.4 is 0 Å². The van der Waals surface area contributed by atoms with E-state index in [1.54, 1.807) is 0 Å². The van der Waals surface area contributed by atoms with Crippen molar-refractivity contribution < 1.29 is 9.13 Å². The zero-order valence-electron chi connectivity index (χ0n) is 10.9. The van der Waals surface area contributed by atoms with E-state index in [0.29, 0.717) is 19.1 Å². The molecule has 0 aromatic rings. The molecule has 0 radical (unpaired) electrons. The minimum atomic E-state index is -0.612. The molecule has 0 aliphatic carbocycles. The van der Waals surface area contributed by atoms with E-state index in [2.05, 4.69) is 23.8 Å². The van der Waals surface area contributed by atoms with Crippen molar-refractivity contribution in [1.29, 1.82) is 0 Å². The Morgan fingerprint density at radius 1 is 1.25 bits per heavy atom. The SMILES string of the molecule is CC.CC(C1CN(C)CCO1)N1CC(F)C1. The van der Waals surface area contributed by atoms with Gasteiger partial charge in [-0.05, 0) is 14.0 Å². The molecule has 0 bridgehead atoms. The summed E-state index contributed by atoms with van der Waals surface area (Å²) in [6.07, 6.45) is -0.361. The van der Waals surface area contributed by atoms with Crippen LogP contribution in [0.15, 0.2) is 0 Å². The molecule has 2 heterocycles. The van der Waals surface area contributed by atoms with Crippen molar-refractivity contribution >= 4 is 0 Å². The van der Waals surface area contributed by atoms with Crippen LogP contribution in [0.4, 0.5) is 4.39 Å². The van der Waals surface area contributed by atoms with Gasteiger partial charge >= 0.3 is 0 Å². The van der Waals surface area contributed by atoms with E-state index >= 15 is 0 Å². The number of likely N-dealkylation sites (N-methyl/N-ethyl adjacent to an activating group) is 1. The van der Waals surface area contributed by atoms with Gasteiger partial charge in [-0.15, -0.1) is 0 Å². The zero-order valence-corrected chi connectivity index (χ0v) is 10.9. The third-order valence-corrected chi connectivity index (χ3v) is 3.28. The van der Waals surface area contributed by atoms with Crippen LogP contribution in [-0.4, -0.2) is 68.0 Å². The molecule has 4 heteroatoms. The van der Waals surface area contributed by atoms with Crippen LogP contribution in [-0.2, 0) is 4.74 Å². The number of alkyl halides is 1. The second-order valence-electron chi connectivity index (χ2n) is 4.46. The smallest absolute Gasteiger partial charge is 0.125 e. The topological polar surface area (TPSA) is 15.7 Å². The van der Waals surface area contributed by atoms with Crippen molar-refractivity contribution in [2.75, 3.05) is 39.8 Å². The highest BCUT2D eigenvalue weighted by atomic mass is 19.1. The van der Waals surface area contributed by atoms with E-state index in [1.165, 1.54) is 0 Å². The van der Waals surface area contributed by atoms with E-state index in [-0.39, 0.29) is 6.10 Å². The van der Waals surface area contributed by atoms with Gasteiger partial charge < -0.3 is 9.64 Å². The van der Waals surface area contributed by atoms with E-state index in [0.717, 1.165) is 19.7 Å². The van der Waals surface area contributed by atoms with Crippen LogP contribution in [0.1, 0.15) is 20.8 Å². The average molecular weight is 232 g/mol. The first-order valence-electron chi connectivity index (χ1n) is 6.35. The minimum absolute atomic E-state index is 0.251. The molecular formula is C12H25FN2O. The van der Waals surface area contributed by atoms with Crippen molar-refractivity contribution in [3.8, 4) is 0 Å². The number of halogens is 1. The summed E-state index contributed by atoms with van der Waals surface area (Å²) in [6.45, 7) is 10.1. The summed E-state index contributed by atoms with van der Waals surface area (Å²) >= 11 is 0. The normalized spacial score (nSPS) is 30.2. The second-order valence-corrected chi connectivity index (χ2v) is 4.46. The standard InChI is InChI=1S/C10H19FN2O.C2H6/c1-8(13-5-9(11)6-13)10-7-12(2)3-4-14-10;1-2/h8-10H,3-7H2,1-2H3;1-2H3. The summed E-state index contributed by atoms with van der Waals surface area (Å²) in [5.41, 5.74) is 0. The number of ether oxygens (including phenoxy) is 1. The lowest BCUT2D eigenvalue weighted by molar-refractivity contribution is -0.0866. The Bertz CT molecular complexity index is 197. The van der Waals surface area contributed by atoms with E-state index < -0.39 is 6.17 Å². The fraction of sp³-hybridized carbons (Fsp3) is 1.00. The first-order valence-corrected chi connectivity index (χ1v) is 6.35. The highest BCUT2D eigenvalue weighted by Gasteiger charge is 2.35. The van der Waals surface area contributed by atoms with Gasteiger partial charge in [-0.2, -0.15) is 0 Å². The summed E-state index contributed by atoms with van der Waals surface area (Å²) in [7, 11) is 2.11. The Labute approximate surface area is 98.5 Å². The van der Waals surface area contributed by atoms with Gasteiger partial charge in [0.2, 0.25) is 0 Å². The lowest BCUT2D eigenvalue weighted by Crippen LogP contribution is -2.59. The molecule has 96 valence electrons. The molecule has 2 aliphatic rings. The van der Waals surface area contributed by atoms with Gasteiger partial charge in [-0.1, -0.05) is 13.8 Å². The van der Waals surface area contributed by atoms with Crippen molar-refractivity contribution in [2.24, 2.45) is 0 Å². The molecule has 2 atom stereocenters. The molecule has 0 amide bonds. The van der Waals surface area contributed by atoms with Gasteiger partial charge in [-0.25, -0.2) is 4.39 Å². The molecule has 0 spiro atoms. The maximum absolute atomic E-state index is 12.7. The highest BCUT2D eigenvalue weighted by Crippen LogP contribution is 2.20. The number of hydrogen-bond donors (Lipinski definition) is 0. The number of morpholine rings is 1. The summed E-state index contributed by atoms with van der Waals surface area (Å²) in [5, 5.41) is 0. The lowest BCUT2D eigenvalue weighted by atomic mass is 10.0. The van der Waals surface area contributed by atoms with Crippen molar-refractivity contribution in [1.82, 2.24) is 9.80 Å². The molecule has 2 saturated heterocycles. The second kappa shape index (κ2) is 6.52. The molecule has 2 rings (SSSR count). The number of likely N-dealkylation sites (tertiary alicyclic amines) is 1. The summed E-state index contributed by atoms with van der Waals surface area (Å²) in [5.74, 6) is 0. The fourth-order valence-corrected chi connectivity index (χ4v) is 2.13. The molecule has 2 aliphatic heterocycles. The third-order valence-electron chi connectivity index (χ3n) is 3.28. The first kappa shape index (κ1) is 13.9. The van der Waals surface area contributed by atoms with Crippen molar-refractivity contribution in [3.63, 3.8) is 0 Å². The highest BCUT2D eigenvalue weighted by molar-refractivity contribution is 4.89. The average Bonchev–Trinajstić information content (AvgIpc) is 2.27. The Kier molecular flexibility index (Phi) is 5.66. The van der Waals surface area contributed by atoms with Crippen LogP contribution in [0.25, 0.3) is 0 Å². The van der Waals surface area contributed by atoms with Gasteiger partial charge in [0.25, 0.3) is 0 Å². The van der Waals surface area contributed by atoms with Gasteiger partial charge in [-0.3, -0.25) is 4.90 Å². The van der Waals surface area contributed by atoms with Gasteiger partial charge in [0.1, 0.15) is 6.17 Å². The molecule has 16 heavy (non-hydrogen) atoms. The lowest BCUT2D eigenvalue weighted by Gasteiger charge is -2.44. The summed E-state index contributed by atoms with van der Waals surface area (Å²) < 4.78 is 18.4. The van der Waals surface area contributed by atoms with Crippen LogP contribution in [0.3, 0.4) is 0 Å². The van der Waals surface area contributed by atoms with Crippen molar-refractivity contribution in [2.45, 2.75) is 39.1 Å².